The van der Waals surface area contributed by atoms with Crippen molar-refractivity contribution >= 4 is 34.3 Å². The fraction of sp³-hybridized carbons (Fsp3) is 0.105. The Morgan fingerprint density at radius 1 is 1.14 bits per heavy atom. The molecule has 29 heavy (non-hydrogen) atoms. The summed E-state index contributed by atoms with van der Waals surface area (Å²) in [6, 6.07) is 10.0. The van der Waals surface area contributed by atoms with Gasteiger partial charge < -0.3 is 16.8 Å². The molecule has 0 fully saturated rings. The molecule has 0 saturated carbocycles. The summed E-state index contributed by atoms with van der Waals surface area (Å²) in [5.74, 6) is -0.465. The summed E-state index contributed by atoms with van der Waals surface area (Å²) in [6.45, 7) is 1.51. The zero-order chi connectivity index (χ0) is 20.5. The number of nitrogen functional groups attached to an aromatic ring is 2. The molecule has 3 aromatic heterocycles. The quantitative estimate of drug-likeness (QED) is 0.484. The van der Waals surface area contributed by atoms with Gasteiger partial charge in [0.05, 0.1) is 11.9 Å². The van der Waals surface area contributed by atoms with Gasteiger partial charge >= 0.3 is 0 Å². The molecule has 0 bridgehead atoms. The molecule has 10 heteroatoms. The summed E-state index contributed by atoms with van der Waals surface area (Å²) in [7, 11) is 0. The van der Waals surface area contributed by atoms with Gasteiger partial charge in [0.2, 0.25) is 5.91 Å². The van der Waals surface area contributed by atoms with Gasteiger partial charge in [-0.25, -0.2) is 24.0 Å². The highest BCUT2D eigenvalue weighted by Crippen LogP contribution is 2.30. The third-order valence-corrected chi connectivity index (χ3v) is 4.26. The molecule has 0 unspecified atom stereocenters. The normalized spacial score (nSPS) is 11.0. The lowest BCUT2D eigenvalue weighted by Crippen LogP contribution is -2.13. The van der Waals surface area contributed by atoms with Crippen LogP contribution in [0.2, 0.25) is 0 Å². The number of aromatic nitrogens is 5. The van der Waals surface area contributed by atoms with Gasteiger partial charge in [0, 0.05) is 18.7 Å². The van der Waals surface area contributed by atoms with Crippen molar-refractivity contribution in [3.05, 3.63) is 54.0 Å². The number of pyridine rings is 1. The van der Waals surface area contributed by atoms with E-state index >= 15 is 0 Å². The van der Waals surface area contributed by atoms with Crippen LogP contribution in [-0.4, -0.2) is 30.6 Å². The number of amides is 1. The number of fused-ring (bicyclic) bond motifs is 1. The van der Waals surface area contributed by atoms with Gasteiger partial charge in [-0.2, -0.15) is 5.10 Å². The van der Waals surface area contributed by atoms with Crippen LogP contribution in [0.25, 0.3) is 22.6 Å². The molecule has 0 radical (unpaired) electrons. The Kier molecular flexibility index (Phi) is 4.51. The van der Waals surface area contributed by atoms with E-state index in [-0.39, 0.29) is 41.4 Å². The topological polar surface area (TPSA) is 138 Å². The molecular formula is C19H17FN8O. The molecule has 1 amide bonds. The molecule has 4 aromatic rings. The molecule has 0 spiro atoms. The van der Waals surface area contributed by atoms with E-state index in [1.165, 1.54) is 13.0 Å². The van der Waals surface area contributed by atoms with Crippen LogP contribution >= 0.6 is 0 Å². The summed E-state index contributed by atoms with van der Waals surface area (Å²) in [5.41, 5.74) is 13.5. The van der Waals surface area contributed by atoms with Gasteiger partial charge in [0.1, 0.15) is 17.2 Å². The van der Waals surface area contributed by atoms with Crippen molar-refractivity contribution < 1.29 is 9.18 Å². The van der Waals surface area contributed by atoms with Crippen molar-refractivity contribution in [3.63, 3.8) is 0 Å². The van der Waals surface area contributed by atoms with Gasteiger partial charge in [-0.1, -0.05) is 18.2 Å². The van der Waals surface area contributed by atoms with Gasteiger partial charge in [0.25, 0.3) is 0 Å². The van der Waals surface area contributed by atoms with Crippen molar-refractivity contribution in [2.24, 2.45) is 0 Å². The number of hydrogen-bond donors (Lipinski definition) is 3. The zero-order valence-corrected chi connectivity index (χ0v) is 15.4. The minimum absolute atomic E-state index is 0.0170. The van der Waals surface area contributed by atoms with Crippen LogP contribution in [0, 0.1) is 5.82 Å². The third kappa shape index (κ3) is 3.43. The van der Waals surface area contributed by atoms with E-state index in [1.807, 2.05) is 0 Å². The Balaban J connectivity index is 1.83. The molecule has 0 saturated heterocycles. The van der Waals surface area contributed by atoms with Crippen molar-refractivity contribution in [3.8, 4) is 11.5 Å². The fourth-order valence-corrected chi connectivity index (χ4v) is 2.98. The predicted octanol–water partition coefficient (Wildman–Crippen LogP) is 2.20. The van der Waals surface area contributed by atoms with E-state index in [0.717, 1.165) is 0 Å². The third-order valence-electron chi connectivity index (χ3n) is 4.26. The van der Waals surface area contributed by atoms with Crippen LogP contribution in [0.4, 0.5) is 21.7 Å². The van der Waals surface area contributed by atoms with Crippen molar-refractivity contribution in [1.29, 1.82) is 0 Å². The fourth-order valence-electron chi connectivity index (χ4n) is 2.98. The van der Waals surface area contributed by atoms with Crippen molar-refractivity contribution in [1.82, 2.24) is 24.7 Å². The molecule has 0 aliphatic carbocycles. The molecule has 0 atom stereocenters. The first-order valence-corrected chi connectivity index (χ1v) is 8.70. The maximum absolute atomic E-state index is 14.1. The average Bonchev–Trinajstić information content (AvgIpc) is 3.05. The van der Waals surface area contributed by atoms with Crippen molar-refractivity contribution in [2.75, 3.05) is 16.8 Å². The van der Waals surface area contributed by atoms with Crippen LogP contribution < -0.4 is 16.8 Å². The van der Waals surface area contributed by atoms with Gasteiger partial charge in [0.15, 0.2) is 23.1 Å². The number of nitrogens with one attached hydrogen (secondary N) is 1. The Morgan fingerprint density at radius 2 is 1.86 bits per heavy atom. The second-order valence-corrected chi connectivity index (χ2v) is 6.35. The number of anilines is 3. The lowest BCUT2D eigenvalue weighted by Gasteiger charge is -2.09. The standard InChI is InChI=1S/C19H17FN8O/c1-10(29)24-15-16(21)25-18(26-17(15)22)14-12-6-4-8-23-19(12)28(27-14)9-11-5-2-3-7-13(11)20/h2-8H,9H2,1H3,(H,24,29)(H4,21,22,25,26). The van der Waals surface area contributed by atoms with Crippen LogP contribution in [0.15, 0.2) is 42.6 Å². The minimum atomic E-state index is -0.344. The van der Waals surface area contributed by atoms with Crippen molar-refractivity contribution in [2.45, 2.75) is 13.5 Å². The smallest absolute Gasteiger partial charge is 0.221 e. The van der Waals surface area contributed by atoms with E-state index in [1.54, 1.807) is 41.2 Å². The highest BCUT2D eigenvalue weighted by Gasteiger charge is 2.19. The van der Waals surface area contributed by atoms with Crippen LogP contribution in [0.3, 0.4) is 0 Å². The molecule has 1 aromatic carbocycles. The molecule has 0 aliphatic heterocycles. The summed E-state index contributed by atoms with van der Waals surface area (Å²) < 4.78 is 15.7. The Labute approximate surface area is 164 Å². The number of halogens is 1. The van der Waals surface area contributed by atoms with E-state index in [4.69, 9.17) is 11.5 Å². The number of benzene rings is 1. The molecule has 9 nitrogen and oxygen atoms in total. The summed E-state index contributed by atoms with van der Waals surface area (Å²) in [6.07, 6.45) is 1.62. The number of nitrogens with zero attached hydrogens (tertiary/aromatic N) is 5. The maximum atomic E-state index is 14.1. The number of carbonyl (C=O) groups is 1. The van der Waals surface area contributed by atoms with Gasteiger partial charge in [-0.15, -0.1) is 0 Å². The molecular weight excluding hydrogens is 375 g/mol. The molecule has 0 aliphatic rings. The lowest BCUT2D eigenvalue weighted by molar-refractivity contribution is -0.114. The Bertz CT molecular complexity index is 1210. The average molecular weight is 392 g/mol. The molecule has 4 rings (SSSR count). The second kappa shape index (κ2) is 7.15. The highest BCUT2D eigenvalue weighted by molar-refractivity contribution is 5.96. The van der Waals surface area contributed by atoms with Gasteiger partial charge in [-0.3, -0.25) is 4.79 Å². The van der Waals surface area contributed by atoms with E-state index in [9.17, 15) is 9.18 Å². The molecule has 3 heterocycles. The Morgan fingerprint density at radius 3 is 2.55 bits per heavy atom. The monoisotopic (exact) mass is 392 g/mol. The zero-order valence-electron chi connectivity index (χ0n) is 15.4. The maximum Gasteiger partial charge on any atom is 0.221 e. The number of nitrogens with two attached hydrogens (primary N) is 2. The first-order valence-electron chi connectivity index (χ1n) is 8.70. The minimum Gasteiger partial charge on any atom is -0.382 e. The number of rotatable bonds is 4. The SMILES string of the molecule is CC(=O)Nc1c(N)nc(-c2nn(Cc3ccccc3F)c3ncccc23)nc1N. The number of hydrogen-bond acceptors (Lipinski definition) is 7. The van der Waals surface area contributed by atoms with E-state index in [2.05, 4.69) is 25.4 Å². The lowest BCUT2D eigenvalue weighted by atomic mass is 10.2. The summed E-state index contributed by atoms with van der Waals surface area (Å²) in [5, 5.41) is 7.70. The first-order chi connectivity index (χ1) is 13.9. The summed E-state index contributed by atoms with van der Waals surface area (Å²) >= 11 is 0. The largest absolute Gasteiger partial charge is 0.382 e. The predicted molar refractivity (Wildman–Crippen MR) is 107 cm³/mol. The summed E-state index contributed by atoms with van der Waals surface area (Å²) in [4.78, 5) is 24.2. The first kappa shape index (κ1) is 18.3. The van der Waals surface area contributed by atoms with Crippen LogP contribution in [-0.2, 0) is 11.3 Å². The van der Waals surface area contributed by atoms with Crippen LogP contribution in [0.1, 0.15) is 12.5 Å². The highest BCUT2D eigenvalue weighted by atomic mass is 19.1. The second-order valence-electron chi connectivity index (χ2n) is 6.35. The Hall–Kier alpha value is -4.08. The van der Waals surface area contributed by atoms with E-state index < -0.39 is 0 Å². The molecule has 146 valence electrons. The van der Waals surface area contributed by atoms with E-state index in [0.29, 0.717) is 22.3 Å². The number of carbonyl (C=O) groups excluding carboxylic acids is 1. The molecule has 5 N–H and O–H groups in total. The van der Waals surface area contributed by atoms with Crippen LogP contribution in [0.5, 0.6) is 0 Å². The van der Waals surface area contributed by atoms with Gasteiger partial charge in [-0.05, 0) is 18.2 Å².